The quantitative estimate of drug-likeness (QED) is 0.666. The average Bonchev–Trinajstić information content (AvgIpc) is 2.98. The van der Waals surface area contributed by atoms with Crippen LogP contribution >= 0.6 is 0 Å². The van der Waals surface area contributed by atoms with E-state index in [-0.39, 0.29) is 12.5 Å². The Bertz CT molecular complexity index is 991. The monoisotopic (exact) mass is 377 g/mol. The predicted octanol–water partition coefficient (Wildman–Crippen LogP) is 3.65. The van der Waals surface area contributed by atoms with Crippen LogP contribution in [0.25, 0.3) is 0 Å². The van der Waals surface area contributed by atoms with Crippen LogP contribution in [0.5, 0.6) is 0 Å². The molecule has 0 saturated heterocycles. The summed E-state index contributed by atoms with van der Waals surface area (Å²) in [5, 5.41) is 7.13. The van der Waals surface area contributed by atoms with Crippen LogP contribution in [0.15, 0.2) is 54.6 Å². The minimum Gasteiger partial charge on any atom is -0.452 e. The van der Waals surface area contributed by atoms with Gasteiger partial charge in [0, 0.05) is 11.4 Å². The highest BCUT2D eigenvalue weighted by atomic mass is 16.5. The highest BCUT2D eigenvalue weighted by Crippen LogP contribution is 2.12. The van der Waals surface area contributed by atoms with Crippen molar-refractivity contribution in [2.75, 3.05) is 11.9 Å². The molecule has 0 saturated carbocycles. The molecule has 1 heterocycles. The van der Waals surface area contributed by atoms with Crippen LogP contribution in [0.2, 0.25) is 0 Å². The van der Waals surface area contributed by atoms with Gasteiger partial charge in [-0.25, -0.2) is 4.79 Å². The highest BCUT2D eigenvalue weighted by molar-refractivity contribution is 5.95. The molecule has 0 bridgehead atoms. The van der Waals surface area contributed by atoms with Gasteiger partial charge in [0.15, 0.2) is 6.61 Å². The normalized spacial score (nSPS) is 10.5. The van der Waals surface area contributed by atoms with Gasteiger partial charge >= 0.3 is 5.97 Å². The Balaban J connectivity index is 1.57. The second kappa shape index (κ2) is 8.52. The predicted molar refractivity (Wildman–Crippen MR) is 107 cm³/mol. The molecule has 1 amide bonds. The SMILES string of the molecule is Cc1ccc(NC(=O)COC(=O)c2cccc(Cn3nc(C)cc3C)c2)cc1. The van der Waals surface area contributed by atoms with Crippen molar-refractivity contribution in [2.45, 2.75) is 27.3 Å². The molecule has 0 radical (unpaired) electrons. The first kappa shape index (κ1) is 19.4. The average molecular weight is 377 g/mol. The molecule has 3 aromatic rings. The summed E-state index contributed by atoms with van der Waals surface area (Å²) in [5.41, 5.74) is 5.11. The molecular weight excluding hydrogens is 354 g/mol. The van der Waals surface area contributed by atoms with Crippen molar-refractivity contribution in [3.63, 3.8) is 0 Å². The van der Waals surface area contributed by atoms with E-state index in [9.17, 15) is 9.59 Å². The molecule has 2 aromatic carbocycles. The van der Waals surface area contributed by atoms with Crippen LogP contribution in [0.1, 0.15) is 32.9 Å². The van der Waals surface area contributed by atoms with E-state index in [0.717, 1.165) is 22.5 Å². The van der Waals surface area contributed by atoms with Gasteiger partial charge in [-0.1, -0.05) is 29.8 Å². The second-order valence-electron chi connectivity index (χ2n) is 6.78. The van der Waals surface area contributed by atoms with Gasteiger partial charge in [0.1, 0.15) is 0 Å². The van der Waals surface area contributed by atoms with Gasteiger partial charge in [-0.05, 0) is 56.7 Å². The first-order valence-corrected chi connectivity index (χ1v) is 9.04. The summed E-state index contributed by atoms with van der Waals surface area (Å²) in [7, 11) is 0. The number of hydrogen-bond acceptors (Lipinski definition) is 4. The van der Waals surface area contributed by atoms with E-state index in [2.05, 4.69) is 10.4 Å². The molecule has 6 nitrogen and oxygen atoms in total. The van der Waals surface area contributed by atoms with Gasteiger partial charge in [-0.2, -0.15) is 5.10 Å². The fraction of sp³-hybridized carbons (Fsp3) is 0.227. The van der Waals surface area contributed by atoms with E-state index in [1.165, 1.54) is 0 Å². The van der Waals surface area contributed by atoms with Crippen LogP contribution in [-0.4, -0.2) is 28.3 Å². The fourth-order valence-electron chi connectivity index (χ4n) is 2.85. The second-order valence-corrected chi connectivity index (χ2v) is 6.78. The molecule has 1 N–H and O–H groups in total. The van der Waals surface area contributed by atoms with Crippen molar-refractivity contribution in [3.8, 4) is 0 Å². The number of aryl methyl sites for hydroxylation is 3. The lowest BCUT2D eigenvalue weighted by Gasteiger charge is -2.09. The number of anilines is 1. The van der Waals surface area contributed by atoms with Crippen LogP contribution in [0.4, 0.5) is 5.69 Å². The Morgan fingerprint density at radius 3 is 2.46 bits per heavy atom. The zero-order chi connectivity index (χ0) is 20.1. The summed E-state index contributed by atoms with van der Waals surface area (Å²) in [5.74, 6) is -0.912. The minimum atomic E-state index is -0.533. The molecular formula is C22H23N3O3. The third kappa shape index (κ3) is 5.07. The van der Waals surface area contributed by atoms with Crippen LogP contribution in [0, 0.1) is 20.8 Å². The Kier molecular flexibility index (Phi) is 5.89. The van der Waals surface area contributed by atoms with E-state index in [1.807, 2.05) is 49.7 Å². The van der Waals surface area contributed by atoms with Gasteiger partial charge in [-0.15, -0.1) is 0 Å². The third-order valence-electron chi connectivity index (χ3n) is 4.27. The van der Waals surface area contributed by atoms with E-state index < -0.39 is 5.97 Å². The Labute approximate surface area is 164 Å². The summed E-state index contributed by atoms with van der Waals surface area (Å²) >= 11 is 0. The summed E-state index contributed by atoms with van der Waals surface area (Å²) in [6.45, 7) is 6.13. The largest absolute Gasteiger partial charge is 0.452 e. The lowest BCUT2D eigenvalue weighted by atomic mass is 10.1. The van der Waals surface area contributed by atoms with Crippen molar-refractivity contribution < 1.29 is 14.3 Å². The summed E-state index contributed by atoms with van der Waals surface area (Å²) in [4.78, 5) is 24.3. The number of ether oxygens (including phenoxy) is 1. The highest BCUT2D eigenvalue weighted by Gasteiger charge is 2.12. The van der Waals surface area contributed by atoms with Gasteiger partial charge in [0.25, 0.3) is 5.91 Å². The lowest BCUT2D eigenvalue weighted by molar-refractivity contribution is -0.119. The van der Waals surface area contributed by atoms with Crippen molar-refractivity contribution >= 4 is 17.6 Å². The van der Waals surface area contributed by atoms with Crippen LogP contribution in [0.3, 0.4) is 0 Å². The fourth-order valence-corrected chi connectivity index (χ4v) is 2.85. The number of aromatic nitrogens is 2. The van der Waals surface area contributed by atoms with Crippen LogP contribution in [-0.2, 0) is 16.1 Å². The Morgan fingerprint density at radius 1 is 1.04 bits per heavy atom. The van der Waals surface area contributed by atoms with Crippen molar-refractivity contribution in [3.05, 3.63) is 82.7 Å². The molecule has 3 rings (SSSR count). The van der Waals surface area contributed by atoms with Gasteiger partial charge in [0.05, 0.1) is 17.8 Å². The summed E-state index contributed by atoms with van der Waals surface area (Å²) in [6.07, 6.45) is 0. The molecule has 0 unspecified atom stereocenters. The summed E-state index contributed by atoms with van der Waals surface area (Å²) in [6, 6.07) is 16.6. The summed E-state index contributed by atoms with van der Waals surface area (Å²) < 4.78 is 7.03. The molecule has 0 fully saturated rings. The molecule has 0 aliphatic rings. The van der Waals surface area contributed by atoms with Crippen molar-refractivity contribution in [1.82, 2.24) is 9.78 Å². The van der Waals surface area contributed by atoms with E-state index in [1.54, 1.807) is 30.3 Å². The molecule has 6 heteroatoms. The molecule has 144 valence electrons. The number of amides is 1. The molecule has 1 aromatic heterocycles. The Hall–Kier alpha value is -3.41. The zero-order valence-electron chi connectivity index (χ0n) is 16.2. The first-order valence-electron chi connectivity index (χ1n) is 9.04. The van der Waals surface area contributed by atoms with E-state index in [0.29, 0.717) is 17.8 Å². The first-order chi connectivity index (χ1) is 13.4. The lowest BCUT2D eigenvalue weighted by Crippen LogP contribution is -2.21. The Morgan fingerprint density at radius 2 is 1.79 bits per heavy atom. The van der Waals surface area contributed by atoms with Gasteiger partial charge in [0.2, 0.25) is 0 Å². The molecule has 0 spiro atoms. The van der Waals surface area contributed by atoms with E-state index in [4.69, 9.17) is 4.74 Å². The number of rotatable bonds is 6. The van der Waals surface area contributed by atoms with E-state index >= 15 is 0 Å². The number of esters is 1. The number of carbonyl (C=O) groups excluding carboxylic acids is 2. The zero-order valence-corrected chi connectivity index (χ0v) is 16.2. The number of benzene rings is 2. The van der Waals surface area contributed by atoms with Crippen molar-refractivity contribution in [1.29, 1.82) is 0 Å². The number of hydrogen-bond donors (Lipinski definition) is 1. The van der Waals surface area contributed by atoms with Crippen molar-refractivity contribution in [2.24, 2.45) is 0 Å². The number of nitrogens with one attached hydrogen (secondary N) is 1. The molecule has 0 atom stereocenters. The standard InChI is InChI=1S/C22H23N3O3/c1-15-7-9-20(10-8-15)23-21(26)14-28-22(27)19-6-4-5-18(12-19)13-25-17(3)11-16(2)24-25/h4-12H,13-14H2,1-3H3,(H,23,26). The minimum absolute atomic E-state index is 0.339. The topological polar surface area (TPSA) is 73.2 Å². The number of nitrogens with zero attached hydrogens (tertiary/aromatic N) is 2. The smallest absolute Gasteiger partial charge is 0.338 e. The molecule has 0 aliphatic carbocycles. The van der Waals surface area contributed by atoms with Crippen LogP contribution < -0.4 is 5.32 Å². The maximum absolute atomic E-state index is 12.3. The van der Waals surface area contributed by atoms with Gasteiger partial charge in [-0.3, -0.25) is 9.48 Å². The maximum atomic E-state index is 12.3. The number of carbonyl (C=O) groups is 2. The third-order valence-corrected chi connectivity index (χ3v) is 4.27. The van der Waals surface area contributed by atoms with Gasteiger partial charge < -0.3 is 10.1 Å². The maximum Gasteiger partial charge on any atom is 0.338 e. The molecule has 0 aliphatic heterocycles. The molecule has 28 heavy (non-hydrogen) atoms.